The van der Waals surface area contributed by atoms with E-state index in [2.05, 4.69) is 0 Å². The topological polar surface area (TPSA) is 62.6 Å². The van der Waals surface area contributed by atoms with E-state index < -0.39 is 0 Å². The molecule has 162 valence electrons. The molecule has 0 bridgehead atoms. The first-order valence-electron chi connectivity index (χ1n) is 11.0. The Kier molecular flexibility index (Phi) is 5.35. The van der Waals surface area contributed by atoms with Gasteiger partial charge < -0.3 is 14.4 Å². The van der Waals surface area contributed by atoms with Gasteiger partial charge in [0.25, 0.3) is 11.5 Å². The molecule has 0 radical (unpaired) electrons. The third-order valence-corrected chi connectivity index (χ3v) is 6.28. The van der Waals surface area contributed by atoms with E-state index in [1.54, 1.807) is 21.6 Å². The van der Waals surface area contributed by atoms with Gasteiger partial charge in [-0.1, -0.05) is 36.4 Å². The molecule has 2 aliphatic rings. The summed E-state index contributed by atoms with van der Waals surface area (Å²) in [6.45, 7) is 2.25. The van der Waals surface area contributed by atoms with E-state index >= 15 is 0 Å². The fourth-order valence-electron chi connectivity index (χ4n) is 4.56. The van der Waals surface area contributed by atoms with Gasteiger partial charge in [-0.2, -0.15) is 0 Å². The van der Waals surface area contributed by atoms with E-state index in [1.807, 2.05) is 59.6 Å². The molecule has 2 amide bonds. The van der Waals surface area contributed by atoms with Gasteiger partial charge in [0.1, 0.15) is 0 Å². The second kappa shape index (κ2) is 8.46. The van der Waals surface area contributed by atoms with Crippen molar-refractivity contribution in [3.8, 4) is 0 Å². The van der Waals surface area contributed by atoms with Crippen molar-refractivity contribution in [3.05, 3.63) is 99.5 Å². The largest absolute Gasteiger partial charge is 0.334 e. The molecule has 0 N–H and O–H groups in total. The number of carbonyl (C=O) groups excluding carboxylic acids is 2. The van der Waals surface area contributed by atoms with Gasteiger partial charge in [-0.15, -0.1) is 0 Å². The Balaban J connectivity index is 1.37. The molecule has 0 aliphatic carbocycles. The standard InChI is InChI=1S/C26H25N3O3/c30-24-10-5-12-29(24)23-9-4-8-21(14-23)26(32)27-13-11-20-15-25(31)28(18-22(20)17-27)16-19-6-2-1-3-7-19/h1-4,6-9,14-15,18H,5,10-13,16-17H2. The lowest BCUT2D eigenvalue weighted by Gasteiger charge is -2.29. The molecule has 2 aliphatic heterocycles. The summed E-state index contributed by atoms with van der Waals surface area (Å²) < 4.78 is 1.71. The zero-order chi connectivity index (χ0) is 22.1. The lowest BCUT2D eigenvalue weighted by Crippen LogP contribution is -2.37. The summed E-state index contributed by atoms with van der Waals surface area (Å²) in [5.41, 5.74) is 4.43. The highest BCUT2D eigenvalue weighted by molar-refractivity contribution is 5.99. The minimum atomic E-state index is -0.0510. The first kappa shape index (κ1) is 20.2. The average molecular weight is 428 g/mol. The Morgan fingerprint density at radius 2 is 1.72 bits per heavy atom. The molecule has 1 saturated heterocycles. The SMILES string of the molecule is O=C(c1cccc(N2CCCC2=O)c1)N1CCc2cc(=O)n(Cc3ccccc3)cc2C1. The summed E-state index contributed by atoms with van der Waals surface area (Å²) in [5, 5.41) is 0. The van der Waals surface area contributed by atoms with Gasteiger partial charge in [0.15, 0.2) is 0 Å². The predicted octanol–water partition coefficient (Wildman–Crippen LogP) is 3.22. The van der Waals surface area contributed by atoms with Crippen LogP contribution in [0.2, 0.25) is 0 Å². The summed E-state index contributed by atoms with van der Waals surface area (Å²) in [7, 11) is 0. The van der Waals surface area contributed by atoms with Crippen LogP contribution in [0.4, 0.5) is 5.69 Å². The molecule has 2 aromatic carbocycles. The number of fused-ring (bicyclic) bond motifs is 1. The maximum atomic E-state index is 13.3. The highest BCUT2D eigenvalue weighted by Gasteiger charge is 2.25. The zero-order valence-corrected chi connectivity index (χ0v) is 17.9. The van der Waals surface area contributed by atoms with Crippen LogP contribution in [0.5, 0.6) is 0 Å². The maximum Gasteiger partial charge on any atom is 0.254 e. The molecular formula is C26H25N3O3. The van der Waals surface area contributed by atoms with Crippen molar-refractivity contribution in [2.24, 2.45) is 0 Å². The molecule has 0 unspecified atom stereocenters. The fourth-order valence-corrected chi connectivity index (χ4v) is 4.56. The Bertz CT molecular complexity index is 1230. The Hall–Kier alpha value is -3.67. The molecule has 32 heavy (non-hydrogen) atoms. The second-order valence-electron chi connectivity index (χ2n) is 8.45. The van der Waals surface area contributed by atoms with Crippen LogP contribution < -0.4 is 10.5 Å². The quantitative estimate of drug-likeness (QED) is 0.642. The molecule has 0 spiro atoms. The van der Waals surface area contributed by atoms with Crippen molar-refractivity contribution in [3.63, 3.8) is 0 Å². The van der Waals surface area contributed by atoms with Crippen molar-refractivity contribution < 1.29 is 9.59 Å². The number of pyridine rings is 1. The van der Waals surface area contributed by atoms with Crippen LogP contribution in [0.1, 0.15) is 39.9 Å². The van der Waals surface area contributed by atoms with Crippen LogP contribution in [0.25, 0.3) is 0 Å². The van der Waals surface area contributed by atoms with Crippen molar-refractivity contribution in [1.29, 1.82) is 0 Å². The first-order valence-corrected chi connectivity index (χ1v) is 11.0. The number of anilines is 1. The van der Waals surface area contributed by atoms with Crippen LogP contribution in [-0.2, 0) is 24.3 Å². The highest BCUT2D eigenvalue weighted by Crippen LogP contribution is 2.24. The predicted molar refractivity (Wildman–Crippen MR) is 123 cm³/mol. The van der Waals surface area contributed by atoms with Gasteiger partial charge >= 0.3 is 0 Å². The summed E-state index contributed by atoms with van der Waals surface area (Å²) in [4.78, 5) is 41.5. The molecule has 3 heterocycles. The summed E-state index contributed by atoms with van der Waals surface area (Å²) >= 11 is 0. The highest BCUT2D eigenvalue weighted by atomic mass is 16.2. The minimum absolute atomic E-state index is 0.0182. The average Bonchev–Trinajstić information content (AvgIpc) is 3.25. The summed E-state index contributed by atoms with van der Waals surface area (Å²) in [5.74, 6) is 0.0582. The molecule has 1 aromatic heterocycles. The third kappa shape index (κ3) is 3.96. The van der Waals surface area contributed by atoms with E-state index in [-0.39, 0.29) is 17.4 Å². The van der Waals surface area contributed by atoms with Gasteiger partial charge in [-0.25, -0.2) is 0 Å². The van der Waals surface area contributed by atoms with E-state index in [4.69, 9.17) is 0 Å². The minimum Gasteiger partial charge on any atom is -0.334 e. The van der Waals surface area contributed by atoms with Crippen LogP contribution in [0.3, 0.4) is 0 Å². The van der Waals surface area contributed by atoms with Gasteiger partial charge in [0.05, 0.1) is 6.54 Å². The van der Waals surface area contributed by atoms with Gasteiger partial charge in [-0.3, -0.25) is 14.4 Å². The van der Waals surface area contributed by atoms with E-state index in [0.717, 1.165) is 28.8 Å². The zero-order valence-electron chi connectivity index (χ0n) is 17.9. The van der Waals surface area contributed by atoms with Crippen molar-refractivity contribution in [1.82, 2.24) is 9.47 Å². The fraction of sp³-hybridized carbons (Fsp3) is 0.269. The Morgan fingerprint density at radius 3 is 2.50 bits per heavy atom. The molecule has 6 nitrogen and oxygen atoms in total. The summed E-state index contributed by atoms with van der Waals surface area (Å²) in [6.07, 6.45) is 3.96. The molecule has 3 aromatic rings. The number of rotatable bonds is 4. The molecule has 0 atom stereocenters. The number of amides is 2. The van der Waals surface area contributed by atoms with E-state index in [1.165, 1.54) is 0 Å². The number of hydrogen-bond donors (Lipinski definition) is 0. The van der Waals surface area contributed by atoms with Crippen molar-refractivity contribution in [2.45, 2.75) is 32.4 Å². The lowest BCUT2D eigenvalue weighted by molar-refractivity contribution is -0.117. The molecular weight excluding hydrogens is 402 g/mol. The van der Waals surface area contributed by atoms with E-state index in [9.17, 15) is 14.4 Å². The smallest absolute Gasteiger partial charge is 0.254 e. The van der Waals surface area contributed by atoms with Crippen LogP contribution in [0, 0.1) is 0 Å². The lowest BCUT2D eigenvalue weighted by atomic mass is 10.0. The molecule has 1 fully saturated rings. The normalized spacial score (nSPS) is 15.7. The number of benzene rings is 2. The van der Waals surface area contributed by atoms with Crippen LogP contribution in [-0.4, -0.2) is 34.4 Å². The number of nitrogens with zero attached hydrogens (tertiary/aromatic N) is 3. The monoisotopic (exact) mass is 427 g/mol. The number of hydrogen-bond acceptors (Lipinski definition) is 3. The van der Waals surface area contributed by atoms with Gasteiger partial charge in [0, 0.05) is 49.6 Å². The van der Waals surface area contributed by atoms with Crippen molar-refractivity contribution in [2.75, 3.05) is 18.0 Å². The third-order valence-electron chi connectivity index (χ3n) is 6.28. The molecule has 6 heteroatoms. The summed E-state index contributed by atoms with van der Waals surface area (Å²) in [6, 6.07) is 18.9. The first-order chi connectivity index (χ1) is 15.6. The Morgan fingerprint density at radius 1 is 0.875 bits per heavy atom. The van der Waals surface area contributed by atoms with Gasteiger partial charge in [0.2, 0.25) is 5.91 Å². The Labute approximate surface area is 186 Å². The second-order valence-corrected chi connectivity index (χ2v) is 8.45. The van der Waals surface area contributed by atoms with Crippen LogP contribution in [0.15, 0.2) is 71.7 Å². The number of carbonyl (C=O) groups is 2. The number of aromatic nitrogens is 1. The molecule has 0 saturated carbocycles. The maximum absolute atomic E-state index is 13.3. The van der Waals surface area contributed by atoms with Gasteiger partial charge in [-0.05, 0) is 47.7 Å². The van der Waals surface area contributed by atoms with E-state index in [0.29, 0.717) is 44.6 Å². The van der Waals surface area contributed by atoms with Crippen LogP contribution >= 0.6 is 0 Å². The van der Waals surface area contributed by atoms with Crippen molar-refractivity contribution >= 4 is 17.5 Å². The molecule has 5 rings (SSSR count).